The molecule has 0 amide bonds. The molecule has 0 aliphatic carbocycles. The van der Waals surface area contributed by atoms with Gasteiger partial charge in [0.05, 0.1) is 6.54 Å². The van der Waals surface area contributed by atoms with E-state index in [4.69, 9.17) is 0 Å². The van der Waals surface area contributed by atoms with Crippen molar-refractivity contribution in [2.45, 2.75) is 5.92 Å². The second-order valence-corrected chi connectivity index (χ2v) is 1.20. The van der Waals surface area contributed by atoms with Crippen molar-refractivity contribution in [1.29, 1.82) is 0 Å². The van der Waals surface area contributed by atoms with Gasteiger partial charge in [0.15, 0.2) is 0 Å². The van der Waals surface area contributed by atoms with Crippen molar-refractivity contribution in [1.82, 2.24) is 0 Å². The van der Waals surface area contributed by atoms with Gasteiger partial charge in [0, 0.05) is 0 Å². The normalized spacial score (nSPS) is 12.0. The van der Waals surface area contributed by atoms with Crippen LogP contribution in [-0.4, -0.2) is 19.1 Å². The van der Waals surface area contributed by atoms with E-state index < -0.39 is 19.1 Å². The molecule has 0 bridgehead atoms. The highest BCUT2D eigenvalue weighted by Crippen LogP contribution is 2.07. The minimum Gasteiger partial charge on any atom is -0.325 e. The molecule has 0 spiro atoms. The van der Waals surface area contributed by atoms with Crippen LogP contribution in [0.2, 0.25) is 0 Å². The molecular formula is C3H6F2NO. The van der Waals surface area contributed by atoms with Crippen molar-refractivity contribution in [3.63, 3.8) is 0 Å². The first kappa shape index (κ1) is 6.78. The molecule has 0 aromatic rings. The molecule has 0 unspecified atom stereocenters. The first-order valence-electron chi connectivity index (χ1n) is 1.78. The Morgan fingerprint density at radius 2 is 2.00 bits per heavy atom. The third-order valence-corrected chi connectivity index (χ3v) is 0.510. The summed E-state index contributed by atoms with van der Waals surface area (Å²) in [5.74, 6) is -3.19. The van der Waals surface area contributed by atoms with Crippen molar-refractivity contribution in [2.75, 3.05) is 13.2 Å². The number of rotatable bonds is 2. The molecule has 0 atom stereocenters. The average molecular weight is 110 g/mol. The standard InChI is InChI=1S/C3H6F2NO/c4-3(5,1-6)2-7/h1-2,6H2. The van der Waals surface area contributed by atoms with Crippen LogP contribution in [-0.2, 0) is 5.11 Å². The highest BCUT2D eigenvalue weighted by Gasteiger charge is 2.25. The molecular weight excluding hydrogens is 104 g/mol. The quantitative estimate of drug-likeness (QED) is 0.534. The van der Waals surface area contributed by atoms with Crippen LogP contribution in [0.4, 0.5) is 8.78 Å². The molecule has 0 aliphatic heterocycles. The molecule has 7 heavy (non-hydrogen) atoms. The van der Waals surface area contributed by atoms with E-state index in [2.05, 4.69) is 5.73 Å². The summed E-state index contributed by atoms with van der Waals surface area (Å²) < 4.78 is 22.9. The second kappa shape index (κ2) is 2.18. The van der Waals surface area contributed by atoms with Crippen LogP contribution in [0, 0.1) is 0 Å². The lowest BCUT2D eigenvalue weighted by Crippen LogP contribution is -2.30. The van der Waals surface area contributed by atoms with Crippen LogP contribution in [0.25, 0.3) is 0 Å². The monoisotopic (exact) mass is 110 g/mol. The Bertz CT molecular complexity index is 50.9. The largest absolute Gasteiger partial charge is 0.325 e. The Morgan fingerprint density at radius 1 is 1.57 bits per heavy atom. The van der Waals surface area contributed by atoms with Gasteiger partial charge in [0.2, 0.25) is 0 Å². The number of halogens is 2. The van der Waals surface area contributed by atoms with E-state index in [1.807, 2.05) is 0 Å². The maximum absolute atomic E-state index is 11.4. The predicted molar refractivity (Wildman–Crippen MR) is 19.6 cm³/mol. The Morgan fingerprint density at radius 3 is 2.00 bits per heavy atom. The zero-order chi connectivity index (χ0) is 5.91. The van der Waals surface area contributed by atoms with Crippen LogP contribution in [0.5, 0.6) is 0 Å². The summed E-state index contributed by atoms with van der Waals surface area (Å²) in [4.78, 5) is 0. The first-order chi connectivity index (χ1) is 3.12. The fourth-order valence-electron chi connectivity index (χ4n) is 0.0589. The van der Waals surface area contributed by atoms with Crippen molar-refractivity contribution in [2.24, 2.45) is 5.73 Å². The molecule has 0 saturated carbocycles. The van der Waals surface area contributed by atoms with E-state index in [1.165, 1.54) is 0 Å². The van der Waals surface area contributed by atoms with Crippen LogP contribution < -0.4 is 5.73 Å². The smallest absolute Gasteiger partial charge is 0.286 e. The first-order valence-corrected chi connectivity index (χ1v) is 1.78. The predicted octanol–water partition coefficient (Wildman–Crippen LogP) is 0.0109. The summed E-state index contributed by atoms with van der Waals surface area (Å²) in [6.45, 7) is -2.26. The molecule has 43 valence electrons. The summed E-state index contributed by atoms with van der Waals surface area (Å²) in [6, 6.07) is 0. The Kier molecular flexibility index (Phi) is 2.11. The van der Waals surface area contributed by atoms with Gasteiger partial charge < -0.3 is 5.73 Å². The van der Waals surface area contributed by atoms with E-state index in [1.54, 1.807) is 0 Å². The maximum atomic E-state index is 11.4. The summed E-state index contributed by atoms with van der Waals surface area (Å²) in [7, 11) is 0. The lowest BCUT2D eigenvalue weighted by molar-refractivity contribution is -0.0641. The molecule has 0 aliphatic rings. The van der Waals surface area contributed by atoms with Gasteiger partial charge in [-0.25, -0.2) is 13.9 Å². The number of alkyl halides is 2. The second-order valence-electron chi connectivity index (χ2n) is 1.20. The Labute approximate surface area is 39.9 Å². The molecule has 2 nitrogen and oxygen atoms in total. The zero-order valence-electron chi connectivity index (χ0n) is 3.66. The third-order valence-electron chi connectivity index (χ3n) is 0.510. The van der Waals surface area contributed by atoms with Gasteiger partial charge in [-0.15, -0.1) is 0 Å². The molecule has 2 N–H and O–H groups in total. The zero-order valence-corrected chi connectivity index (χ0v) is 3.66. The molecule has 0 rings (SSSR count). The van der Waals surface area contributed by atoms with E-state index in [0.717, 1.165) is 0 Å². The van der Waals surface area contributed by atoms with E-state index in [-0.39, 0.29) is 0 Å². The van der Waals surface area contributed by atoms with Crippen molar-refractivity contribution < 1.29 is 13.9 Å². The van der Waals surface area contributed by atoms with Crippen LogP contribution in [0.15, 0.2) is 0 Å². The van der Waals surface area contributed by atoms with Gasteiger partial charge in [-0.1, -0.05) is 0 Å². The Balaban J connectivity index is 3.36. The summed E-state index contributed by atoms with van der Waals surface area (Å²) >= 11 is 0. The minimum atomic E-state index is -3.19. The molecule has 0 aromatic heterocycles. The van der Waals surface area contributed by atoms with Gasteiger partial charge in [0.1, 0.15) is 6.61 Å². The topological polar surface area (TPSA) is 45.9 Å². The average Bonchev–Trinajstić information content (AvgIpc) is 1.68. The van der Waals surface area contributed by atoms with E-state index in [0.29, 0.717) is 0 Å². The molecule has 0 saturated heterocycles. The van der Waals surface area contributed by atoms with Gasteiger partial charge >= 0.3 is 0 Å². The molecule has 0 fully saturated rings. The Hall–Kier alpha value is -0.220. The van der Waals surface area contributed by atoms with Gasteiger partial charge in [-0.3, -0.25) is 0 Å². The number of nitrogens with two attached hydrogens (primary N) is 1. The maximum Gasteiger partial charge on any atom is 0.286 e. The van der Waals surface area contributed by atoms with Crippen molar-refractivity contribution in [3.05, 3.63) is 0 Å². The van der Waals surface area contributed by atoms with Crippen LogP contribution in [0.3, 0.4) is 0 Å². The SMILES string of the molecule is NCC(F)(F)C[O]. The minimum absolute atomic E-state index is 0.851. The van der Waals surface area contributed by atoms with Gasteiger partial charge in [-0.05, 0) is 0 Å². The van der Waals surface area contributed by atoms with Crippen molar-refractivity contribution in [3.8, 4) is 0 Å². The summed E-state index contributed by atoms with van der Waals surface area (Å²) in [5, 5.41) is 9.35. The highest BCUT2D eigenvalue weighted by atomic mass is 19.3. The van der Waals surface area contributed by atoms with Crippen LogP contribution >= 0.6 is 0 Å². The molecule has 0 aromatic carbocycles. The number of hydrogen-bond donors (Lipinski definition) is 1. The molecule has 1 radical (unpaired) electrons. The molecule has 0 heterocycles. The van der Waals surface area contributed by atoms with E-state index >= 15 is 0 Å². The summed E-state index contributed by atoms with van der Waals surface area (Å²) in [6.07, 6.45) is 0. The summed E-state index contributed by atoms with van der Waals surface area (Å²) in [5.41, 5.74) is 4.47. The van der Waals surface area contributed by atoms with Crippen LogP contribution in [0.1, 0.15) is 0 Å². The third kappa shape index (κ3) is 2.47. The fourth-order valence-corrected chi connectivity index (χ4v) is 0.0589. The lowest BCUT2D eigenvalue weighted by atomic mass is 10.4. The van der Waals surface area contributed by atoms with Crippen molar-refractivity contribution >= 4 is 0 Å². The van der Waals surface area contributed by atoms with Gasteiger partial charge in [0.25, 0.3) is 5.92 Å². The molecule has 4 heteroatoms. The number of hydrogen-bond acceptors (Lipinski definition) is 1. The highest BCUT2D eigenvalue weighted by molar-refractivity contribution is 4.62. The fraction of sp³-hybridized carbons (Fsp3) is 1.00. The lowest BCUT2D eigenvalue weighted by Gasteiger charge is -2.05. The van der Waals surface area contributed by atoms with Gasteiger partial charge in [-0.2, -0.15) is 0 Å². The van der Waals surface area contributed by atoms with E-state index in [9.17, 15) is 13.9 Å².